The van der Waals surface area contributed by atoms with E-state index < -0.39 is 21.0 Å². The smallest absolute Gasteiger partial charge is 0.260 e. The maximum Gasteiger partial charge on any atom is 0.269 e. The second-order valence-corrected chi connectivity index (χ2v) is 7.59. The minimum atomic E-state index is -3.76. The standard InChI is InChI=1S/C16H17N3O4S/c1-12(16-4-2-3-11-17-16)18(13-5-6-13)24(22,23)15-9-7-14(8-10-15)19(20)21/h2-4,7-13H,5-6H2,1H3. The average molecular weight is 347 g/mol. The van der Waals surface area contributed by atoms with Crippen molar-refractivity contribution in [3.63, 3.8) is 0 Å². The lowest BCUT2D eigenvalue weighted by Gasteiger charge is -2.28. The van der Waals surface area contributed by atoms with Crippen LogP contribution in [0.15, 0.2) is 53.6 Å². The average Bonchev–Trinajstić information content (AvgIpc) is 3.40. The quantitative estimate of drug-likeness (QED) is 0.591. The molecular weight excluding hydrogens is 330 g/mol. The molecule has 7 nitrogen and oxygen atoms in total. The van der Waals surface area contributed by atoms with Gasteiger partial charge in [0.1, 0.15) is 0 Å². The molecule has 1 aromatic carbocycles. The molecule has 1 atom stereocenters. The highest BCUT2D eigenvalue weighted by atomic mass is 32.2. The van der Waals surface area contributed by atoms with Crippen molar-refractivity contribution in [3.05, 3.63) is 64.5 Å². The Morgan fingerprint density at radius 3 is 2.38 bits per heavy atom. The van der Waals surface area contributed by atoms with Gasteiger partial charge in [-0.2, -0.15) is 4.31 Å². The number of nitro groups is 1. The lowest BCUT2D eigenvalue weighted by atomic mass is 10.2. The zero-order valence-corrected chi connectivity index (χ0v) is 13.9. The molecule has 1 unspecified atom stereocenters. The molecule has 0 spiro atoms. The third kappa shape index (κ3) is 3.15. The molecule has 126 valence electrons. The highest BCUT2D eigenvalue weighted by molar-refractivity contribution is 7.89. The minimum absolute atomic E-state index is 0.0535. The van der Waals surface area contributed by atoms with Gasteiger partial charge < -0.3 is 0 Å². The maximum absolute atomic E-state index is 13.0. The number of non-ortho nitro benzene ring substituents is 1. The van der Waals surface area contributed by atoms with Crippen LogP contribution in [0.3, 0.4) is 0 Å². The van der Waals surface area contributed by atoms with E-state index in [1.807, 2.05) is 13.0 Å². The highest BCUT2D eigenvalue weighted by Gasteiger charge is 2.42. The maximum atomic E-state index is 13.0. The molecule has 0 N–H and O–H groups in total. The van der Waals surface area contributed by atoms with Crippen LogP contribution in [0.25, 0.3) is 0 Å². The first-order valence-corrected chi connectivity index (χ1v) is 9.04. The molecule has 1 saturated carbocycles. The van der Waals surface area contributed by atoms with Gasteiger partial charge in [-0.25, -0.2) is 8.42 Å². The fourth-order valence-corrected chi connectivity index (χ4v) is 4.52. The van der Waals surface area contributed by atoms with Crippen molar-refractivity contribution >= 4 is 15.7 Å². The normalized spacial score (nSPS) is 16.1. The number of hydrogen-bond donors (Lipinski definition) is 0. The van der Waals surface area contributed by atoms with Crippen molar-refractivity contribution in [1.29, 1.82) is 0 Å². The first-order chi connectivity index (χ1) is 11.4. The number of nitrogens with zero attached hydrogens (tertiary/aromatic N) is 3. The zero-order valence-electron chi connectivity index (χ0n) is 13.1. The molecule has 0 bridgehead atoms. The number of nitro benzene ring substituents is 1. The molecule has 0 radical (unpaired) electrons. The van der Waals surface area contributed by atoms with Crippen LogP contribution in [0.4, 0.5) is 5.69 Å². The van der Waals surface area contributed by atoms with Gasteiger partial charge in [0, 0.05) is 24.4 Å². The largest absolute Gasteiger partial charge is 0.269 e. The van der Waals surface area contributed by atoms with Gasteiger partial charge in [-0.3, -0.25) is 15.1 Å². The van der Waals surface area contributed by atoms with E-state index in [4.69, 9.17) is 0 Å². The van der Waals surface area contributed by atoms with Crippen LogP contribution in [0.2, 0.25) is 0 Å². The van der Waals surface area contributed by atoms with Crippen LogP contribution in [0.1, 0.15) is 31.5 Å². The number of pyridine rings is 1. The molecule has 1 fully saturated rings. The molecule has 8 heteroatoms. The van der Waals surface area contributed by atoms with Gasteiger partial charge in [0.2, 0.25) is 10.0 Å². The Kier molecular flexibility index (Phi) is 4.33. The minimum Gasteiger partial charge on any atom is -0.260 e. The lowest BCUT2D eigenvalue weighted by Crippen LogP contribution is -2.35. The Morgan fingerprint density at radius 2 is 1.88 bits per heavy atom. The van der Waals surface area contributed by atoms with Crippen molar-refractivity contribution in [1.82, 2.24) is 9.29 Å². The van der Waals surface area contributed by atoms with E-state index >= 15 is 0 Å². The first kappa shape index (κ1) is 16.5. The van der Waals surface area contributed by atoms with E-state index in [-0.39, 0.29) is 16.6 Å². The van der Waals surface area contributed by atoms with Crippen molar-refractivity contribution in [2.75, 3.05) is 0 Å². The molecule has 24 heavy (non-hydrogen) atoms. The number of rotatable bonds is 6. The third-order valence-electron chi connectivity index (χ3n) is 4.03. The van der Waals surface area contributed by atoms with E-state index in [1.165, 1.54) is 28.6 Å². The summed E-state index contributed by atoms with van der Waals surface area (Å²) in [5.74, 6) is 0. The van der Waals surface area contributed by atoms with Crippen molar-refractivity contribution in [2.24, 2.45) is 0 Å². The van der Waals surface area contributed by atoms with Gasteiger partial charge in [0.15, 0.2) is 0 Å². The molecule has 0 amide bonds. The molecule has 1 aromatic heterocycles. The molecule has 0 aliphatic heterocycles. The predicted molar refractivity (Wildman–Crippen MR) is 87.8 cm³/mol. The summed E-state index contributed by atoms with van der Waals surface area (Å²) in [7, 11) is -3.76. The van der Waals surface area contributed by atoms with Crippen LogP contribution in [-0.2, 0) is 10.0 Å². The Bertz CT molecular complexity index is 833. The summed E-state index contributed by atoms with van der Waals surface area (Å²) < 4.78 is 27.5. The van der Waals surface area contributed by atoms with Gasteiger partial charge >= 0.3 is 0 Å². The van der Waals surface area contributed by atoms with Crippen LogP contribution < -0.4 is 0 Å². The predicted octanol–water partition coefficient (Wildman–Crippen LogP) is 2.90. The second kappa shape index (κ2) is 6.29. The lowest BCUT2D eigenvalue weighted by molar-refractivity contribution is -0.384. The number of benzene rings is 1. The Balaban J connectivity index is 1.96. The third-order valence-corrected chi connectivity index (χ3v) is 6.06. The van der Waals surface area contributed by atoms with Gasteiger partial charge in [-0.05, 0) is 44.0 Å². The second-order valence-electron chi connectivity index (χ2n) is 5.75. The SMILES string of the molecule is CC(c1ccccn1)N(C1CC1)S(=O)(=O)c1ccc([N+](=O)[O-])cc1. The van der Waals surface area contributed by atoms with Crippen molar-refractivity contribution in [3.8, 4) is 0 Å². The molecule has 1 heterocycles. The van der Waals surface area contributed by atoms with E-state index in [2.05, 4.69) is 4.98 Å². The number of sulfonamides is 1. The first-order valence-electron chi connectivity index (χ1n) is 7.60. The fourth-order valence-electron chi connectivity index (χ4n) is 2.66. The molecule has 1 aliphatic rings. The van der Waals surface area contributed by atoms with E-state index in [1.54, 1.807) is 18.3 Å². The van der Waals surface area contributed by atoms with Gasteiger partial charge in [-0.15, -0.1) is 0 Å². The molecule has 0 saturated heterocycles. The summed E-state index contributed by atoms with van der Waals surface area (Å²) in [6.07, 6.45) is 3.25. The molecule has 2 aromatic rings. The monoisotopic (exact) mass is 347 g/mol. The van der Waals surface area contributed by atoms with Crippen LogP contribution in [-0.4, -0.2) is 28.7 Å². The fraction of sp³-hybridized carbons (Fsp3) is 0.312. The Morgan fingerprint density at radius 1 is 1.21 bits per heavy atom. The number of aromatic nitrogens is 1. The van der Waals surface area contributed by atoms with E-state index in [0.717, 1.165) is 12.8 Å². The summed E-state index contributed by atoms with van der Waals surface area (Å²) in [5.41, 5.74) is 0.541. The zero-order chi connectivity index (χ0) is 17.3. The summed E-state index contributed by atoms with van der Waals surface area (Å²) in [5, 5.41) is 10.7. The van der Waals surface area contributed by atoms with Gasteiger partial charge in [-0.1, -0.05) is 6.07 Å². The summed E-state index contributed by atoms with van der Waals surface area (Å²) in [4.78, 5) is 14.5. The van der Waals surface area contributed by atoms with Crippen molar-refractivity contribution in [2.45, 2.75) is 36.7 Å². The highest BCUT2D eigenvalue weighted by Crippen LogP contribution is 2.38. The van der Waals surface area contributed by atoms with Crippen LogP contribution in [0, 0.1) is 10.1 Å². The Labute approximate surface area is 140 Å². The topological polar surface area (TPSA) is 93.4 Å². The Hall–Kier alpha value is -2.32. The van der Waals surface area contributed by atoms with Crippen molar-refractivity contribution < 1.29 is 13.3 Å². The summed E-state index contributed by atoms with van der Waals surface area (Å²) in [6, 6.07) is 9.94. The van der Waals surface area contributed by atoms with Crippen LogP contribution in [0.5, 0.6) is 0 Å². The van der Waals surface area contributed by atoms with Gasteiger partial charge in [0.25, 0.3) is 5.69 Å². The summed E-state index contributed by atoms with van der Waals surface area (Å²) in [6.45, 7) is 1.81. The van der Waals surface area contributed by atoms with E-state index in [0.29, 0.717) is 5.69 Å². The molecule has 3 rings (SSSR count). The van der Waals surface area contributed by atoms with Gasteiger partial charge in [0.05, 0.1) is 21.6 Å². The van der Waals surface area contributed by atoms with E-state index in [9.17, 15) is 18.5 Å². The molecular formula is C16H17N3O4S. The van der Waals surface area contributed by atoms with Crippen LogP contribution >= 0.6 is 0 Å². The molecule has 1 aliphatic carbocycles. The number of hydrogen-bond acceptors (Lipinski definition) is 5. The summed E-state index contributed by atoms with van der Waals surface area (Å²) >= 11 is 0.